The number of pyridine rings is 1. The molecule has 0 amide bonds. The molecule has 6 aromatic rings. The summed E-state index contributed by atoms with van der Waals surface area (Å²) in [6.45, 7) is 2.26. The van der Waals surface area contributed by atoms with Gasteiger partial charge in [0.1, 0.15) is 34.4 Å². The summed E-state index contributed by atoms with van der Waals surface area (Å²) < 4.78 is 29.9. The quantitative estimate of drug-likeness (QED) is 0.245. The molecule has 0 aliphatic heterocycles. The SMILES string of the molecule is COc1ccc(-c2nc(OCc3cc(OC)cc4oc(-c5cn6nc(OC)sc6n5)cc34)c(C)s2)nc1. The Morgan fingerprint density at radius 2 is 1.81 bits per heavy atom. The Kier molecular flexibility index (Phi) is 5.89. The van der Waals surface area contributed by atoms with E-state index in [4.69, 9.17) is 23.4 Å². The van der Waals surface area contributed by atoms with Gasteiger partial charge in [0.05, 0.1) is 44.3 Å². The van der Waals surface area contributed by atoms with Gasteiger partial charge in [-0.25, -0.2) is 14.5 Å². The van der Waals surface area contributed by atoms with E-state index in [9.17, 15) is 0 Å². The van der Waals surface area contributed by atoms with Gasteiger partial charge in [-0.2, -0.15) is 4.98 Å². The van der Waals surface area contributed by atoms with Crippen molar-refractivity contribution >= 4 is 38.6 Å². The molecule has 1 aromatic carbocycles. The van der Waals surface area contributed by atoms with Gasteiger partial charge in [0.2, 0.25) is 10.8 Å². The van der Waals surface area contributed by atoms with E-state index in [2.05, 4.69) is 20.1 Å². The summed E-state index contributed by atoms with van der Waals surface area (Å²) in [6, 6.07) is 9.49. The van der Waals surface area contributed by atoms with E-state index in [1.54, 1.807) is 32.0 Å². The Bertz CT molecular complexity index is 1690. The first-order valence-electron chi connectivity index (χ1n) is 11.2. The maximum atomic E-state index is 6.16. The molecule has 0 bridgehead atoms. The van der Waals surface area contributed by atoms with Gasteiger partial charge in [0.25, 0.3) is 5.19 Å². The molecule has 5 heterocycles. The molecule has 0 fully saturated rings. The topological polar surface area (TPSA) is 106 Å². The van der Waals surface area contributed by atoms with Gasteiger partial charge < -0.3 is 23.4 Å². The molecule has 0 N–H and O–H groups in total. The minimum absolute atomic E-state index is 0.282. The van der Waals surface area contributed by atoms with Crippen molar-refractivity contribution in [2.24, 2.45) is 0 Å². The fraction of sp³-hybridized carbons (Fsp3) is 0.200. The predicted octanol–water partition coefficient (Wildman–Crippen LogP) is 5.64. The molecule has 0 aliphatic carbocycles. The molecule has 0 spiro atoms. The van der Waals surface area contributed by atoms with E-state index < -0.39 is 0 Å². The summed E-state index contributed by atoms with van der Waals surface area (Å²) in [7, 11) is 4.82. The number of nitrogens with zero attached hydrogens (tertiary/aromatic N) is 5. The van der Waals surface area contributed by atoms with Crippen LogP contribution < -0.4 is 18.9 Å². The molecule has 0 radical (unpaired) electrons. The Morgan fingerprint density at radius 1 is 0.946 bits per heavy atom. The number of hydrogen-bond acceptors (Lipinski definition) is 11. The lowest BCUT2D eigenvalue weighted by Crippen LogP contribution is -1.98. The molecule has 188 valence electrons. The number of hydrogen-bond donors (Lipinski definition) is 0. The summed E-state index contributed by atoms with van der Waals surface area (Å²) in [5, 5.41) is 6.56. The lowest BCUT2D eigenvalue weighted by atomic mass is 10.1. The van der Waals surface area contributed by atoms with Gasteiger partial charge in [-0.3, -0.25) is 0 Å². The van der Waals surface area contributed by atoms with Crippen LogP contribution in [0.25, 0.3) is 38.1 Å². The van der Waals surface area contributed by atoms with Crippen LogP contribution in [0.4, 0.5) is 0 Å². The number of fused-ring (bicyclic) bond motifs is 2. The van der Waals surface area contributed by atoms with Crippen LogP contribution in [0.1, 0.15) is 10.4 Å². The molecule has 37 heavy (non-hydrogen) atoms. The predicted molar refractivity (Wildman–Crippen MR) is 140 cm³/mol. The number of furan rings is 1. The Balaban J connectivity index is 1.29. The highest BCUT2D eigenvalue weighted by Crippen LogP contribution is 2.36. The highest BCUT2D eigenvalue weighted by molar-refractivity contribution is 7.18. The van der Waals surface area contributed by atoms with Crippen molar-refractivity contribution in [3.8, 4) is 44.7 Å². The van der Waals surface area contributed by atoms with Crippen LogP contribution in [-0.2, 0) is 6.61 Å². The van der Waals surface area contributed by atoms with Crippen molar-refractivity contribution < 1.29 is 23.4 Å². The van der Waals surface area contributed by atoms with Gasteiger partial charge in [0, 0.05) is 17.0 Å². The lowest BCUT2D eigenvalue weighted by molar-refractivity contribution is 0.294. The Morgan fingerprint density at radius 3 is 2.54 bits per heavy atom. The molecule has 0 unspecified atom stereocenters. The molecule has 10 nitrogen and oxygen atoms in total. The van der Waals surface area contributed by atoms with E-state index in [1.165, 1.54) is 22.7 Å². The lowest BCUT2D eigenvalue weighted by Gasteiger charge is -2.07. The van der Waals surface area contributed by atoms with Crippen LogP contribution in [0.15, 0.2) is 47.1 Å². The van der Waals surface area contributed by atoms with Crippen LogP contribution in [0.3, 0.4) is 0 Å². The maximum Gasteiger partial charge on any atom is 0.294 e. The monoisotopic (exact) mass is 535 g/mol. The Labute approximate surface area is 219 Å². The third-order valence-electron chi connectivity index (χ3n) is 5.69. The second kappa shape index (κ2) is 9.37. The highest BCUT2D eigenvalue weighted by Gasteiger charge is 2.18. The summed E-state index contributed by atoms with van der Waals surface area (Å²) >= 11 is 2.89. The molecule has 12 heteroatoms. The molecule has 0 atom stereocenters. The second-order valence-electron chi connectivity index (χ2n) is 7.99. The number of thiazole rings is 1. The number of aromatic nitrogens is 5. The average molecular weight is 536 g/mol. The van der Waals surface area contributed by atoms with Crippen molar-refractivity contribution in [3.05, 3.63) is 53.2 Å². The van der Waals surface area contributed by atoms with Crippen LogP contribution in [0.5, 0.6) is 22.6 Å². The van der Waals surface area contributed by atoms with Gasteiger partial charge in [-0.15, -0.1) is 16.4 Å². The van der Waals surface area contributed by atoms with Gasteiger partial charge >= 0.3 is 0 Å². The summed E-state index contributed by atoms with van der Waals surface area (Å²) in [6.07, 6.45) is 3.49. The van der Waals surface area contributed by atoms with Crippen LogP contribution in [0, 0.1) is 6.92 Å². The zero-order valence-electron chi connectivity index (χ0n) is 20.3. The van der Waals surface area contributed by atoms with E-state index in [0.717, 1.165) is 31.5 Å². The molecule has 0 saturated heterocycles. The smallest absolute Gasteiger partial charge is 0.294 e. The number of ether oxygens (including phenoxy) is 4. The fourth-order valence-corrected chi connectivity index (χ4v) is 5.36. The van der Waals surface area contributed by atoms with Crippen molar-refractivity contribution in [1.29, 1.82) is 0 Å². The summed E-state index contributed by atoms with van der Waals surface area (Å²) in [4.78, 5) is 15.4. The minimum Gasteiger partial charge on any atom is -0.497 e. The second-order valence-corrected chi connectivity index (χ2v) is 10.1. The molecular formula is C25H21N5O5S2. The first kappa shape index (κ1) is 23.3. The molecule has 5 aromatic heterocycles. The molecule has 0 saturated carbocycles. The van der Waals surface area contributed by atoms with E-state index >= 15 is 0 Å². The highest BCUT2D eigenvalue weighted by atomic mass is 32.1. The molecular weight excluding hydrogens is 514 g/mol. The summed E-state index contributed by atoms with van der Waals surface area (Å²) in [5.41, 5.74) is 3.02. The third-order valence-corrected chi connectivity index (χ3v) is 7.55. The largest absolute Gasteiger partial charge is 0.497 e. The van der Waals surface area contributed by atoms with Crippen molar-refractivity contribution in [1.82, 2.24) is 24.6 Å². The van der Waals surface area contributed by atoms with Gasteiger partial charge in [0.15, 0.2) is 5.76 Å². The van der Waals surface area contributed by atoms with Crippen molar-refractivity contribution in [3.63, 3.8) is 0 Å². The molecule has 6 rings (SSSR count). The van der Waals surface area contributed by atoms with Crippen molar-refractivity contribution in [2.45, 2.75) is 13.5 Å². The first-order valence-corrected chi connectivity index (χ1v) is 12.8. The normalized spacial score (nSPS) is 11.4. The van der Waals surface area contributed by atoms with Crippen LogP contribution in [-0.4, -0.2) is 45.9 Å². The average Bonchev–Trinajstić information content (AvgIpc) is 3.69. The third kappa shape index (κ3) is 4.34. The maximum absolute atomic E-state index is 6.16. The first-order chi connectivity index (χ1) is 18.0. The van der Waals surface area contributed by atoms with Crippen LogP contribution in [0.2, 0.25) is 0 Å². The fourth-order valence-electron chi connectivity index (χ4n) is 3.83. The number of methoxy groups -OCH3 is 3. The van der Waals surface area contributed by atoms with Crippen LogP contribution >= 0.6 is 22.7 Å². The zero-order chi connectivity index (χ0) is 25.5. The number of imidazole rings is 1. The summed E-state index contributed by atoms with van der Waals surface area (Å²) in [5.74, 6) is 2.55. The number of benzene rings is 1. The zero-order valence-corrected chi connectivity index (χ0v) is 22.0. The standard InChI is InChI=1S/C25H21N5O5S2/c1-13-22(28-23(36-13)18-6-5-15(31-2)10-26-18)34-12-14-7-16(32-3)8-20-17(14)9-21(35-20)19-11-30-24(27-19)37-25(29-30)33-4/h5-11H,12H2,1-4H3. The number of aryl methyl sites for hydroxylation is 1. The molecule has 0 aliphatic rings. The van der Waals surface area contributed by atoms with E-state index in [-0.39, 0.29) is 6.61 Å². The van der Waals surface area contributed by atoms with E-state index in [1.807, 2.05) is 43.5 Å². The van der Waals surface area contributed by atoms with E-state index in [0.29, 0.717) is 39.6 Å². The Hall–Kier alpha value is -4.16. The van der Waals surface area contributed by atoms with Gasteiger partial charge in [-0.1, -0.05) is 0 Å². The van der Waals surface area contributed by atoms with Crippen molar-refractivity contribution in [2.75, 3.05) is 21.3 Å². The minimum atomic E-state index is 0.282. The van der Waals surface area contributed by atoms with Gasteiger partial charge in [-0.05, 0) is 42.5 Å². The number of rotatable bonds is 8.